The van der Waals surface area contributed by atoms with Crippen molar-refractivity contribution >= 4 is 5.91 Å². The van der Waals surface area contributed by atoms with E-state index in [2.05, 4.69) is 17.6 Å². The first-order chi connectivity index (χ1) is 7.27. The average molecular weight is 212 g/mol. The van der Waals surface area contributed by atoms with Crippen LogP contribution in [0.4, 0.5) is 0 Å². The van der Waals surface area contributed by atoms with Gasteiger partial charge in [0.15, 0.2) is 0 Å². The molecule has 0 aliphatic heterocycles. The van der Waals surface area contributed by atoms with Crippen molar-refractivity contribution in [2.75, 3.05) is 13.1 Å². The van der Waals surface area contributed by atoms with Crippen LogP contribution in [0.3, 0.4) is 0 Å². The Balaban J connectivity index is 2.26. The highest BCUT2D eigenvalue weighted by molar-refractivity contribution is 5.77. The van der Waals surface area contributed by atoms with Crippen LogP contribution in [-0.4, -0.2) is 25.0 Å². The zero-order chi connectivity index (χ0) is 11.1. The van der Waals surface area contributed by atoms with E-state index in [9.17, 15) is 4.79 Å². The van der Waals surface area contributed by atoms with Gasteiger partial charge in [0.25, 0.3) is 0 Å². The maximum Gasteiger partial charge on any atom is 0.233 e. The van der Waals surface area contributed by atoms with Crippen LogP contribution >= 0.6 is 0 Å². The third-order valence-electron chi connectivity index (χ3n) is 3.33. The first-order valence-electron chi connectivity index (χ1n) is 6.28. The van der Waals surface area contributed by atoms with Gasteiger partial charge in [-0.2, -0.15) is 0 Å². The van der Waals surface area contributed by atoms with E-state index in [0.717, 1.165) is 12.5 Å². The molecule has 1 aliphatic carbocycles. The molecule has 88 valence electrons. The van der Waals surface area contributed by atoms with E-state index in [0.29, 0.717) is 12.6 Å². The molecular weight excluding hydrogens is 188 g/mol. The number of likely N-dealkylation sites (N-methyl/N-ethyl adjacent to an activating group) is 1. The molecular formula is C12H24N2O. The van der Waals surface area contributed by atoms with Gasteiger partial charge < -0.3 is 10.6 Å². The van der Waals surface area contributed by atoms with Crippen molar-refractivity contribution in [3.05, 3.63) is 0 Å². The number of hydrogen-bond acceptors (Lipinski definition) is 2. The van der Waals surface area contributed by atoms with Gasteiger partial charge in [0.05, 0.1) is 6.54 Å². The van der Waals surface area contributed by atoms with E-state index < -0.39 is 0 Å². The Morgan fingerprint density at radius 2 is 2.00 bits per heavy atom. The quantitative estimate of drug-likeness (QED) is 0.728. The second-order valence-electron chi connectivity index (χ2n) is 4.39. The molecule has 0 radical (unpaired) electrons. The number of amides is 1. The summed E-state index contributed by atoms with van der Waals surface area (Å²) in [4.78, 5) is 11.3. The smallest absolute Gasteiger partial charge is 0.233 e. The van der Waals surface area contributed by atoms with Crippen molar-refractivity contribution in [3.63, 3.8) is 0 Å². The fourth-order valence-electron chi connectivity index (χ4n) is 2.45. The maximum absolute atomic E-state index is 11.3. The van der Waals surface area contributed by atoms with E-state index in [4.69, 9.17) is 0 Å². The highest BCUT2D eigenvalue weighted by Gasteiger charge is 2.23. The standard InChI is InChI=1S/C12H24N2O/c1-3-10-7-5-6-8-11(10)14-9-12(15)13-4-2/h10-11,14H,3-9H2,1-2H3,(H,13,15). The molecule has 0 aromatic carbocycles. The molecule has 1 rings (SSSR count). The second-order valence-corrected chi connectivity index (χ2v) is 4.39. The molecule has 1 saturated carbocycles. The van der Waals surface area contributed by atoms with Crippen molar-refractivity contribution in [3.8, 4) is 0 Å². The number of rotatable bonds is 5. The van der Waals surface area contributed by atoms with Crippen LogP contribution < -0.4 is 10.6 Å². The minimum absolute atomic E-state index is 0.123. The Hall–Kier alpha value is -0.570. The van der Waals surface area contributed by atoms with Gasteiger partial charge in [-0.15, -0.1) is 0 Å². The molecule has 2 N–H and O–H groups in total. The lowest BCUT2D eigenvalue weighted by molar-refractivity contribution is -0.120. The number of carbonyl (C=O) groups excluding carboxylic acids is 1. The van der Waals surface area contributed by atoms with Crippen LogP contribution in [-0.2, 0) is 4.79 Å². The predicted octanol–water partition coefficient (Wildman–Crippen LogP) is 1.68. The molecule has 1 aliphatic rings. The number of nitrogens with one attached hydrogen (secondary N) is 2. The molecule has 3 heteroatoms. The maximum atomic E-state index is 11.3. The fourth-order valence-corrected chi connectivity index (χ4v) is 2.45. The third-order valence-corrected chi connectivity index (χ3v) is 3.33. The monoisotopic (exact) mass is 212 g/mol. The Bertz CT molecular complexity index is 194. The Morgan fingerprint density at radius 3 is 2.67 bits per heavy atom. The van der Waals surface area contributed by atoms with Gasteiger partial charge in [-0.25, -0.2) is 0 Å². The minimum atomic E-state index is 0.123. The first-order valence-corrected chi connectivity index (χ1v) is 6.28. The second kappa shape index (κ2) is 6.83. The Morgan fingerprint density at radius 1 is 1.27 bits per heavy atom. The van der Waals surface area contributed by atoms with Crippen LogP contribution in [0, 0.1) is 5.92 Å². The van der Waals surface area contributed by atoms with E-state index >= 15 is 0 Å². The summed E-state index contributed by atoms with van der Waals surface area (Å²) in [6.07, 6.45) is 6.45. The predicted molar refractivity (Wildman–Crippen MR) is 62.7 cm³/mol. The minimum Gasteiger partial charge on any atom is -0.355 e. The van der Waals surface area contributed by atoms with Crippen LogP contribution in [0.5, 0.6) is 0 Å². The van der Waals surface area contributed by atoms with Gasteiger partial charge in [-0.05, 0) is 25.7 Å². The van der Waals surface area contributed by atoms with Crippen molar-refractivity contribution < 1.29 is 4.79 Å². The van der Waals surface area contributed by atoms with Crippen LogP contribution in [0.2, 0.25) is 0 Å². The normalized spacial score (nSPS) is 26.3. The van der Waals surface area contributed by atoms with Crippen molar-refractivity contribution in [2.24, 2.45) is 5.92 Å². The lowest BCUT2D eigenvalue weighted by atomic mass is 9.83. The topological polar surface area (TPSA) is 41.1 Å². The van der Waals surface area contributed by atoms with E-state index in [1.807, 2.05) is 6.92 Å². The summed E-state index contributed by atoms with van der Waals surface area (Å²) in [6, 6.07) is 0.561. The van der Waals surface area contributed by atoms with E-state index in [1.54, 1.807) is 0 Å². The summed E-state index contributed by atoms with van der Waals surface area (Å²) in [7, 11) is 0. The summed E-state index contributed by atoms with van der Waals surface area (Å²) >= 11 is 0. The molecule has 0 saturated heterocycles. The fraction of sp³-hybridized carbons (Fsp3) is 0.917. The Labute approximate surface area is 93.0 Å². The van der Waals surface area contributed by atoms with Gasteiger partial charge in [-0.1, -0.05) is 26.2 Å². The summed E-state index contributed by atoms with van der Waals surface area (Å²) in [5, 5.41) is 6.21. The van der Waals surface area contributed by atoms with Crippen molar-refractivity contribution in [2.45, 2.75) is 52.0 Å². The highest BCUT2D eigenvalue weighted by Crippen LogP contribution is 2.26. The molecule has 0 spiro atoms. The summed E-state index contributed by atoms with van der Waals surface area (Å²) < 4.78 is 0. The third kappa shape index (κ3) is 4.20. The first kappa shape index (κ1) is 12.5. The van der Waals surface area contributed by atoms with Gasteiger partial charge in [-0.3, -0.25) is 4.79 Å². The zero-order valence-corrected chi connectivity index (χ0v) is 10.0. The number of carbonyl (C=O) groups is 1. The molecule has 0 heterocycles. The zero-order valence-electron chi connectivity index (χ0n) is 10.0. The van der Waals surface area contributed by atoms with Gasteiger partial charge >= 0.3 is 0 Å². The Kier molecular flexibility index (Phi) is 5.69. The van der Waals surface area contributed by atoms with Gasteiger partial charge in [0.2, 0.25) is 5.91 Å². The molecule has 0 bridgehead atoms. The molecule has 1 amide bonds. The summed E-state index contributed by atoms with van der Waals surface area (Å²) in [6.45, 7) is 5.40. The van der Waals surface area contributed by atoms with Crippen molar-refractivity contribution in [1.82, 2.24) is 10.6 Å². The van der Waals surface area contributed by atoms with Crippen LogP contribution in [0.1, 0.15) is 46.0 Å². The molecule has 2 atom stereocenters. The number of hydrogen-bond donors (Lipinski definition) is 2. The largest absolute Gasteiger partial charge is 0.355 e. The molecule has 0 aromatic heterocycles. The van der Waals surface area contributed by atoms with E-state index in [1.165, 1.54) is 32.1 Å². The van der Waals surface area contributed by atoms with Crippen LogP contribution in [0.25, 0.3) is 0 Å². The van der Waals surface area contributed by atoms with Gasteiger partial charge in [0, 0.05) is 12.6 Å². The molecule has 1 fully saturated rings. The molecule has 0 aromatic rings. The molecule has 3 nitrogen and oxygen atoms in total. The van der Waals surface area contributed by atoms with E-state index in [-0.39, 0.29) is 5.91 Å². The lowest BCUT2D eigenvalue weighted by Crippen LogP contribution is -2.43. The summed E-state index contributed by atoms with van der Waals surface area (Å²) in [5.41, 5.74) is 0. The van der Waals surface area contributed by atoms with Crippen molar-refractivity contribution in [1.29, 1.82) is 0 Å². The van der Waals surface area contributed by atoms with Crippen LogP contribution in [0.15, 0.2) is 0 Å². The highest BCUT2D eigenvalue weighted by atomic mass is 16.1. The van der Waals surface area contributed by atoms with Gasteiger partial charge in [0.1, 0.15) is 0 Å². The summed E-state index contributed by atoms with van der Waals surface area (Å²) in [5.74, 6) is 0.895. The SMILES string of the molecule is CCNC(=O)CNC1CCCCC1CC. The molecule has 2 unspecified atom stereocenters. The average Bonchev–Trinajstić information content (AvgIpc) is 2.27. The lowest BCUT2D eigenvalue weighted by Gasteiger charge is -2.31. The molecule has 15 heavy (non-hydrogen) atoms.